The Bertz CT molecular complexity index is 3240. The van der Waals surface area contributed by atoms with Crippen molar-refractivity contribution in [2.45, 2.75) is 46.5 Å². The maximum Gasteiger partial charge on any atom is 0.0464 e. The monoisotopic (exact) mass is 905 g/mol. The van der Waals surface area contributed by atoms with E-state index in [1.807, 2.05) is 0 Å². The zero-order valence-corrected chi connectivity index (χ0v) is 40.6. The molecule has 0 amide bonds. The summed E-state index contributed by atoms with van der Waals surface area (Å²) in [6.07, 6.45) is 2.06. The molecule has 0 aliphatic heterocycles. The number of aryl methyl sites for hydroxylation is 5. The molecule has 0 spiro atoms. The van der Waals surface area contributed by atoms with Crippen molar-refractivity contribution in [1.29, 1.82) is 0 Å². The highest BCUT2D eigenvalue weighted by Gasteiger charge is 2.20. The highest BCUT2D eigenvalue weighted by Crippen LogP contribution is 2.41. The number of hydrogen-bond acceptors (Lipinski definition) is 3. The molecule has 1 atom stereocenters. The zero-order chi connectivity index (χ0) is 47.8. The second-order valence-corrected chi connectivity index (χ2v) is 18.6. The Morgan fingerprint density at radius 1 is 0.271 bits per heavy atom. The summed E-state index contributed by atoms with van der Waals surface area (Å²) in [6.45, 7) is 8.67. The molecule has 10 aromatic carbocycles. The predicted molar refractivity (Wildman–Crippen MR) is 298 cm³/mol. The quantitative estimate of drug-likeness (QED) is 0.101. The molecule has 342 valence electrons. The molecular formula is C67H59N3. The minimum atomic E-state index is 0.287. The third-order valence-electron chi connectivity index (χ3n) is 13.3. The molecular weight excluding hydrogens is 847 g/mol. The first-order valence-corrected chi connectivity index (χ1v) is 24.5. The van der Waals surface area contributed by atoms with Gasteiger partial charge >= 0.3 is 0 Å². The van der Waals surface area contributed by atoms with Crippen molar-refractivity contribution in [3.8, 4) is 11.1 Å². The van der Waals surface area contributed by atoms with Crippen LogP contribution in [0.25, 0.3) is 11.1 Å². The van der Waals surface area contributed by atoms with Gasteiger partial charge in [0.2, 0.25) is 0 Å². The molecule has 0 heterocycles. The van der Waals surface area contributed by atoms with Crippen LogP contribution in [0.2, 0.25) is 0 Å². The van der Waals surface area contributed by atoms with E-state index in [-0.39, 0.29) is 5.92 Å². The molecule has 0 aliphatic carbocycles. The smallest absolute Gasteiger partial charge is 0.0464 e. The number of para-hydroxylation sites is 2. The molecule has 0 saturated heterocycles. The van der Waals surface area contributed by atoms with Gasteiger partial charge in [0.1, 0.15) is 0 Å². The van der Waals surface area contributed by atoms with E-state index in [1.54, 1.807) is 0 Å². The lowest BCUT2D eigenvalue weighted by molar-refractivity contribution is 0.714. The lowest BCUT2D eigenvalue weighted by Crippen LogP contribution is -2.12. The first-order chi connectivity index (χ1) is 34.3. The highest BCUT2D eigenvalue weighted by molar-refractivity contribution is 5.83. The topological polar surface area (TPSA) is 9.72 Å². The number of benzene rings is 10. The van der Waals surface area contributed by atoms with Crippen LogP contribution < -0.4 is 14.7 Å². The first-order valence-electron chi connectivity index (χ1n) is 24.5. The van der Waals surface area contributed by atoms with Crippen molar-refractivity contribution < 1.29 is 0 Å². The fourth-order valence-corrected chi connectivity index (χ4v) is 9.83. The second kappa shape index (κ2) is 20.9. The van der Waals surface area contributed by atoms with Crippen molar-refractivity contribution in [3.63, 3.8) is 0 Å². The largest absolute Gasteiger partial charge is 0.311 e. The molecule has 0 radical (unpaired) electrons. The molecule has 0 aliphatic rings. The van der Waals surface area contributed by atoms with Crippen LogP contribution in [0.3, 0.4) is 0 Å². The van der Waals surface area contributed by atoms with Crippen LogP contribution in [0.4, 0.5) is 51.2 Å². The molecule has 0 saturated carbocycles. The second-order valence-electron chi connectivity index (χ2n) is 18.6. The first kappa shape index (κ1) is 45.4. The van der Waals surface area contributed by atoms with Gasteiger partial charge in [0.15, 0.2) is 0 Å². The summed E-state index contributed by atoms with van der Waals surface area (Å²) in [6, 6.07) is 92.8. The summed E-state index contributed by atoms with van der Waals surface area (Å²) < 4.78 is 0. The Morgan fingerprint density at radius 2 is 0.614 bits per heavy atom. The van der Waals surface area contributed by atoms with E-state index in [9.17, 15) is 0 Å². The van der Waals surface area contributed by atoms with Crippen molar-refractivity contribution in [2.24, 2.45) is 0 Å². The van der Waals surface area contributed by atoms with Crippen LogP contribution in [0.5, 0.6) is 0 Å². The molecule has 0 N–H and O–H groups in total. The van der Waals surface area contributed by atoms with Gasteiger partial charge in [-0.3, -0.25) is 0 Å². The maximum absolute atomic E-state index is 2.36. The maximum atomic E-state index is 2.36. The van der Waals surface area contributed by atoms with Crippen LogP contribution in [0, 0.1) is 27.7 Å². The molecule has 10 aromatic rings. The summed E-state index contributed by atoms with van der Waals surface area (Å²) in [5, 5.41) is 0. The fourth-order valence-electron chi connectivity index (χ4n) is 9.83. The van der Waals surface area contributed by atoms with Crippen LogP contribution in [-0.2, 0) is 6.42 Å². The number of hydrogen-bond donors (Lipinski definition) is 0. The van der Waals surface area contributed by atoms with Crippen molar-refractivity contribution in [2.75, 3.05) is 14.7 Å². The average molecular weight is 906 g/mol. The van der Waals surface area contributed by atoms with Gasteiger partial charge in [0, 0.05) is 57.1 Å². The summed E-state index contributed by atoms with van der Waals surface area (Å²) in [7, 11) is 0. The van der Waals surface area contributed by atoms with Gasteiger partial charge in [0.05, 0.1) is 0 Å². The molecule has 3 nitrogen and oxygen atoms in total. The van der Waals surface area contributed by atoms with Gasteiger partial charge in [-0.05, 0) is 189 Å². The highest BCUT2D eigenvalue weighted by atomic mass is 15.2. The van der Waals surface area contributed by atoms with Gasteiger partial charge in [-0.25, -0.2) is 0 Å². The Hall–Kier alpha value is -8.40. The molecule has 70 heavy (non-hydrogen) atoms. The van der Waals surface area contributed by atoms with Crippen molar-refractivity contribution in [1.82, 2.24) is 0 Å². The number of anilines is 9. The lowest BCUT2D eigenvalue weighted by atomic mass is 9.85. The van der Waals surface area contributed by atoms with E-state index in [0.717, 1.165) is 75.2 Å². The van der Waals surface area contributed by atoms with Gasteiger partial charge in [-0.1, -0.05) is 157 Å². The van der Waals surface area contributed by atoms with Crippen LogP contribution in [0.1, 0.15) is 51.3 Å². The Kier molecular flexibility index (Phi) is 13.5. The predicted octanol–water partition coefficient (Wildman–Crippen LogP) is 18.8. The zero-order valence-electron chi connectivity index (χ0n) is 40.6. The minimum Gasteiger partial charge on any atom is -0.311 e. The average Bonchev–Trinajstić information content (AvgIpc) is 3.39. The summed E-state index contributed by atoms with van der Waals surface area (Å²) in [5.41, 5.74) is 21.5. The van der Waals surface area contributed by atoms with Gasteiger partial charge in [-0.15, -0.1) is 0 Å². The Morgan fingerprint density at radius 3 is 1.04 bits per heavy atom. The molecule has 0 fully saturated rings. The number of rotatable bonds is 15. The van der Waals surface area contributed by atoms with Crippen LogP contribution in [0.15, 0.2) is 255 Å². The number of nitrogens with zero attached hydrogens (tertiary/aromatic N) is 3. The van der Waals surface area contributed by atoms with E-state index in [0.29, 0.717) is 0 Å². The Balaban J connectivity index is 0.919. The minimum absolute atomic E-state index is 0.287. The fraction of sp³-hybridized carbons (Fsp3) is 0.104. The Labute approximate surface area is 415 Å². The summed E-state index contributed by atoms with van der Waals surface area (Å²) in [4.78, 5) is 7.02. The van der Waals surface area contributed by atoms with E-state index < -0.39 is 0 Å². The normalized spacial score (nSPS) is 11.5. The van der Waals surface area contributed by atoms with Gasteiger partial charge in [0.25, 0.3) is 0 Å². The molecule has 3 heteroatoms. The van der Waals surface area contributed by atoms with Crippen LogP contribution >= 0.6 is 0 Å². The lowest BCUT2D eigenvalue weighted by Gasteiger charge is -2.28. The van der Waals surface area contributed by atoms with Gasteiger partial charge in [-0.2, -0.15) is 0 Å². The summed E-state index contributed by atoms with van der Waals surface area (Å²) in [5.74, 6) is 0.287. The van der Waals surface area contributed by atoms with E-state index in [1.165, 1.54) is 38.9 Å². The van der Waals surface area contributed by atoms with Crippen LogP contribution in [-0.4, -0.2) is 0 Å². The standard InChI is InChI=1S/C67H59N3/c1-49-15-11-19-53(45-49)27-44-67(57-20-12-16-50(2)46-57)56-32-38-62(39-33-56)68(58-21-7-5-8-22-58)60-34-28-54(29-35-60)55-30-36-61(37-31-55)69(59-23-9-6-10-24-59)63-40-42-64(43-41-63)70(65-25-13-17-51(3)47-65)66-26-14-18-52(4)48-66/h5-26,28-43,45-48,67H,27,44H2,1-4H3. The van der Waals surface area contributed by atoms with E-state index >= 15 is 0 Å². The van der Waals surface area contributed by atoms with Gasteiger partial charge < -0.3 is 14.7 Å². The molecule has 0 bridgehead atoms. The van der Waals surface area contributed by atoms with Crippen molar-refractivity contribution >= 4 is 51.2 Å². The van der Waals surface area contributed by atoms with E-state index in [2.05, 4.69) is 297 Å². The summed E-state index contributed by atoms with van der Waals surface area (Å²) >= 11 is 0. The third-order valence-corrected chi connectivity index (χ3v) is 13.3. The molecule has 10 rings (SSSR count). The SMILES string of the molecule is Cc1cccc(CCC(c2ccc(N(c3ccccc3)c3ccc(-c4ccc(N(c5ccccc5)c5ccc(N(c6cccc(C)c6)c6cccc(C)c6)cc5)cc4)cc3)cc2)c2cccc(C)c2)c1. The molecule has 0 aromatic heterocycles. The van der Waals surface area contributed by atoms with Crippen molar-refractivity contribution in [3.05, 3.63) is 294 Å². The van der Waals surface area contributed by atoms with E-state index in [4.69, 9.17) is 0 Å². The molecule has 1 unspecified atom stereocenters. The third kappa shape index (κ3) is 10.4.